The average molecular weight is 1100 g/mol. The van der Waals surface area contributed by atoms with Gasteiger partial charge in [0.2, 0.25) is 0 Å². The van der Waals surface area contributed by atoms with E-state index < -0.39 is 0 Å². The molecule has 1 heteroatoms. The second kappa shape index (κ2) is 40.5. The topological polar surface area (TPSA) is 9.23 Å². The third-order valence-electron chi connectivity index (χ3n) is 17.3. The largest absolute Gasteiger partial charge is 0.457 e. The molecule has 7 aromatic carbocycles. The highest BCUT2D eigenvalue weighted by atomic mass is 16.5. The summed E-state index contributed by atoms with van der Waals surface area (Å²) >= 11 is 0. The first-order chi connectivity index (χ1) is 40.0. The molecule has 82 heavy (non-hydrogen) atoms. The second-order valence-corrected chi connectivity index (χ2v) is 25.3. The summed E-state index contributed by atoms with van der Waals surface area (Å²) in [4.78, 5) is 0. The molecular weight excluding hydrogens is 989 g/mol. The van der Waals surface area contributed by atoms with Crippen molar-refractivity contribution >= 4 is 0 Å². The van der Waals surface area contributed by atoms with E-state index in [0.29, 0.717) is 0 Å². The maximum atomic E-state index is 5.58. The van der Waals surface area contributed by atoms with Crippen LogP contribution in [-0.2, 0) is 38.5 Å². The van der Waals surface area contributed by atoms with Gasteiger partial charge in [-0.05, 0) is 188 Å². The molecule has 6 aliphatic rings. The summed E-state index contributed by atoms with van der Waals surface area (Å²) in [5.41, 5.74) is 10.6. The third-order valence-corrected chi connectivity index (χ3v) is 17.3. The van der Waals surface area contributed by atoms with Crippen molar-refractivity contribution in [2.24, 2.45) is 41.4 Å². The number of fused-ring (bicyclic) bond motifs is 4. The van der Waals surface area contributed by atoms with E-state index in [1.54, 1.807) is 47.9 Å². The first-order valence-corrected chi connectivity index (χ1v) is 33.1. The highest BCUT2D eigenvalue weighted by molar-refractivity contribution is 5.34. The molecule has 6 aliphatic carbocycles. The lowest BCUT2D eigenvalue weighted by Gasteiger charge is -2.15. The van der Waals surface area contributed by atoms with Crippen LogP contribution in [-0.4, -0.2) is 0 Å². The van der Waals surface area contributed by atoms with Crippen LogP contribution in [0.5, 0.6) is 11.5 Å². The Morgan fingerprint density at radius 2 is 0.890 bits per heavy atom. The maximum absolute atomic E-state index is 5.58. The van der Waals surface area contributed by atoms with Gasteiger partial charge in [-0.15, -0.1) is 0 Å². The first kappa shape index (κ1) is 67.1. The predicted octanol–water partition coefficient (Wildman–Crippen LogP) is 24.0. The minimum Gasteiger partial charge on any atom is -0.457 e. The maximum Gasteiger partial charge on any atom is 0.127 e. The van der Waals surface area contributed by atoms with E-state index in [4.69, 9.17) is 4.74 Å². The van der Waals surface area contributed by atoms with Gasteiger partial charge in [-0.25, -0.2) is 0 Å². The normalized spacial score (nSPS) is 18.5. The van der Waals surface area contributed by atoms with Crippen LogP contribution in [0.15, 0.2) is 200 Å². The van der Waals surface area contributed by atoms with Gasteiger partial charge in [-0.2, -0.15) is 0 Å². The standard InChI is InChI=1S/C12H10O.C11H16.2C10H12.C10H14.C9H12.C8H14.C6H12.C5H10/c1-3-7-11(8-4-1)13-12-9-5-2-6-10-12;1-10(2)8-9-11-6-4-3-5-7-11;1-8-6-9-4-2-3-5-10(9)7-8;1-8-6-7-9-4-2-3-5-10(8)9;1-2-3-7-10-8-5-4-6-9-10;1-2-6-9-7-4-3-5-8-9;1-6-4-7-2-3-8(6)5-7;1-6-4-2-3-5-6;1-2-5-3-4-5/h1-10H;3-7,10H,8-9H2,1-2H3;2*2-5,8H,6-7H2,1H3;4-6,8-9H,2-3,7H2,1H3;3-5,7-8H,2,6H2,1H3;6-8H,2-5H2,1H3;6H,2-5H2,1H3;5H,2-4H2,1H3. The Labute approximate surface area is 503 Å². The van der Waals surface area contributed by atoms with E-state index in [1.807, 2.05) is 60.7 Å². The van der Waals surface area contributed by atoms with E-state index in [9.17, 15) is 0 Å². The van der Waals surface area contributed by atoms with Crippen LogP contribution in [0.3, 0.4) is 0 Å². The van der Waals surface area contributed by atoms with Gasteiger partial charge in [0.1, 0.15) is 11.5 Å². The molecule has 0 amide bonds. The molecule has 4 saturated carbocycles. The Morgan fingerprint density at radius 1 is 0.427 bits per heavy atom. The van der Waals surface area contributed by atoms with E-state index in [-0.39, 0.29) is 0 Å². The third kappa shape index (κ3) is 28.6. The van der Waals surface area contributed by atoms with Crippen LogP contribution >= 0.6 is 0 Å². The Kier molecular flexibility index (Phi) is 33.2. The molecule has 0 N–H and O–H groups in total. The van der Waals surface area contributed by atoms with Crippen LogP contribution in [0.1, 0.15) is 210 Å². The van der Waals surface area contributed by atoms with Gasteiger partial charge in [0.25, 0.3) is 0 Å². The van der Waals surface area contributed by atoms with Crippen molar-refractivity contribution in [3.05, 3.63) is 239 Å². The molecule has 0 aliphatic heterocycles. The fourth-order valence-corrected chi connectivity index (χ4v) is 11.9. The van der Waals surface area contributed by atoms with E-state index >= 15 is 0 Å². The van der Waals surface area contributed by atoms with Crippen LogP contribution in [0.25, 0.3) is 0 Å². The summed E-state index contributed by atoms with van der Waals surface area (Å²) in [6, 6.07) is 69.0. The van der Waals surface area contributed by atoms with Gasteiger partial charge in [0.05, 0.1) is 0 Å². The van der Waals surface area contributed by atoms with Crippen molar-refractivity contribution < 1.29 is 4.74 Å². The van der Waals surface area contributed by atoms with Crippen molar-refractivity contribution in [1.82, 2.24) is 0 Å². The van der Waals surface area contributed by atoms with Gasteiger partial charge in [-0.3, -0.25) is 0 Å². The zero-order valence-corrected chi connectivity index (χ0v) is 53.1. The first-order valence-electron chi connectivity index (χ1n) is 33.1. The molecule has 442 valence electrons. The Balaban J connectivity index is 0.000000171. The summed E-state index contributed by atoms with van der Waals surface area (Å²) in [6.07, 6.45) is 30.6. The lowest BCUT2D eigenvalue weighted by molar-refractivity contribution is 0.360. The monoisotopic (exact) mass is 1100 g/mol. The van der Waals surface area contributed by atoms with E-state index in [0.717, 1.165) is 58.8 Å². The Bertz CT molecular complexity index is 2530. The molecule has 13 rings (SSSR count). The van der Waals surface area contributed by atoms with Gasteiger partial charge in [-0.1, -0.05) is 302 Å². The molecule has 0 aromatic heterocycles. The van der Waals surface area contributed by atoms with Crippen molar-refractivity contribution in [3.8, 4) is 11.5 Å². The van der Waals surface area contributed by atoms with Crippen LogP contribution in [0.4, 0.5) is 0 Å². The number of rotatable bonds is 11. The summed E-state index contributed by atoms with van der Waals surface area (Å²) in [5.74, 6) is 9.77. The van der Waals surface area contributed by atoms with Crippen LogP contribution < -0.4 is 4.74 Å². The fourth-order valence-electron chi connectivity index (χ4n) is 11.9. The summed E-state index contributed by atoms with van der Waals surface area (Å²) in [7, 11) is 0. The summed E-state index contributed by atoms with van der Waals surface area (Å²) in [5, 5.41) is 0. The second-order valence-electron chi connectivity index (χ2n) is 25.3. The minimum atomic E-state index is 0.802. The number of hydrogen-bond donors (Lipinski definition) is 0. The molecule has 2 bridgehead atoms. The number of benzene rings is 7. The number of hydrogen-bond acceptors (Lipinski definition) is 1. The molecule has 0 spiro atoms. The van der Waals surface area contributed by atoms with E-state index in [2.05, 4.69) is 202 Å². The predicted molar refractivity (Wildman–Crippen MR) is 360 cm³/mol. The highest BCUT2D eigenvalue weighted by Gasteiger charge is 2.36. The molecule has 4 fully saturated rings. The lowest BCUT2D eigenvalue weighted by Crippen LogP contribution is -2.04. The molecule has 0 heterocycles. The molecule has 1 nitrogen and oxygen atoms in total. The van der Waals surface area contributed by atoms with Crippen molar-refractivity contribution in [1.29, 1.82) is 0 Å². The molecule has 4 unspecified atom stereocenters. The van der Waals surface area contributed by atoms with Gasteiger partial charge in [0.15, 0.2) is 0 Å². The minimum absolute atomic E-state index is 0.802. The fraction of sp³-hybridized carbons (Fsp3) is 0.481. The number of unbranched alkanes of at least 4 members (excludes halogenated alkanes) is 1. The number of aryl methyl sites for hydroxylation is 4. The number of ether oxygens (including phenoxy) is 1. The van der Waals surface area contributed by atoms with E-state index in [1.165, 1.54) is 132 Å². The quantitative estimate of drug-likeness (QED) is 0.125. The Morgan fingerprint density at radius 3 is 1.26 bits per heavy atom. The van der Waals surface area contributed by atoms with Crippen molar-refractivity contribution in [2.75, 3.05) is 0 Å². The highest BCUT2D eigenvalue weighted by Crippen LogP contribution is 2.47. The molecule has 4 atom stereocenters. The van der Waals surface area contributed by atoms with Crippen LogP contribution in [0.2, 0.25) is 0 Å². The molecule has 0 radical (unpaired) electrons. The molecular formula is C81H112O. The van der Waals surface area contributed by atoms with Crippen molar-refractivity contribution in [3.63, 3.8) is 0 Å². The smallest absolute Gasteiger partial charge is 0.127 e. The van der Waals surface area contributed by atoms with Gasteiger partial charge >= 0.3 is 0 Å². The molecule has 7 aromatic rings. The zero-order chi connectivity index (χ0) is 58.4. The van der Waals surface area contributed by atoms with Crippen molar-refractivity contribution in [2.45, 2.75) is 209 Å². The Hall–Kier alpha value is -5.66. The van der Waals surface area contributed by atoms with Gasteiger partial charge in [0, 0.05) is 0 Å². The zero-order valence-electron chi connectivity index (χ0n) is 53.1. The van der Waals surface area contributed by atoms with Crippen LogP contribution in [0, 0.1) is 41.4 Å². The average Bonchev–Trinajstić information content (AvgIpc) is 3.95. The summed E-state index contributed by atoms with van der Waals surface area (Å²) < 4.78 is 5.58. The summed E-state index contributed by atoms with van der Waals surface area (Å²) in [6.45, 7) is 20.6. The SMILES string of the molecule is CC(C)CCc1ccccc1.CC1CC2CCC1C2.CC1CCCC1.CC1CCc2ccccc21.CC1Cc2ccccc2C1.CCC1CC1.CCCCc1ccccc1.CCCc1ccccc1.c1ccc(Oc2ccccc2)cc1. The molecule has 0 saturated heterocycles. The van der Waals surface area contributed by atoms with Gasteiger partial charge < -0.3 is 4.74 Å². The lowest BCUT2D eigenvalue weighted by atomic mass is 9.91. The number of para-hydroxylation sites is 2.